The molecule has 2 N–H and O–H groups in total. The minimum absolute atomic E-state index is 0.195. The molecule has 1 aromatic carbocycles. The van der Waals surface area contributed by atoms with E-state index in [4.69, 9.17) is 10.5 Å². The second-order valence-corrected chi connectivity index (χ2v) is 4.09. The van der Waals surface area contributed by atoms with Gasteiger partial charge in [0.05, 0.1) is 6.61 Å². The number of rotatable bonds is 5. The average Bonchev–Trinajstić information content (AvgIpc) is 2.28. The fourth-order valence-electron chi connectivity index (χ4n) is 1.56. The molecule has 0 bridgehead atoms. The van der Waals surface area contributed by atoms with Crippen LogP contribution in [0.3, 0.4) is 0 Å². The van der Waals surface area contributed by atoms with Crippen molar-refractivity contribution in [1.29, 1.82) is 0 Å². The van der Waals surface area contributed by atoms with Crippen molar-refractivity contribution in [3.63, 3.8) is 0 Å². The summed E-state index contributed by atoms with van der Waals surface area (Å²) in [6.07, 6.45) is 0. The van der Waals surface area contributed by atoms with E-state index < -0.39 is 0 Å². The van der Waals surface area contributed by atoms with Crippen molar-refractivity contribution in [3.05, 3.63) is 29.8 Å². The summed E-state index contributed by atoms with van der Waals surface area (Å²) in [5, 5.41) is 0. The zero-order valence-corrected chi connectivity index (χ0v) is 10.6. The zero-order valence-electron chi connectivity index (χ0n) is 10.6. The Hall–Kier alpha value is -1.55. The number of anilines is 1. The van der Waals surface area contributed by atoms with Gasteiger partial charge in [0, 0.05) is 12.2 Å². The summed E-state index contributed by atoms with van der Waals surface area (Å²) in [5.41, 5.74) is 7.53. The van der Waals surface area contributed by atoms with Gasteiger partial charge in [-0.2, -0.15) is 0 Å². The molecule has 0 aliphatic carbocycles. The monoisotopic (exact) mass is 236 g/mol. The molecule has 94 valence electrons. The van der Waals surface area contributed by atoms with Crippen LogP contribution in [0.15, 0.2) is 24.3 Å². The molecule has 0 saturated carbocycles. The highest BCUT2D eigenvalue weighted by molar-refractivity contribution is 5.75. The molecular formula is C13H20N2O2. The summed E-state index contributed by atoms with van der Waals surface area (Å²) < 4.78 is 4.98. The van der Waals surface area contributed by atoms with Crippen LogP contribution in [0, 0.1) is 0 Å². The molecule has 4 nitrogen and oxygen atoms in total. The maximum absolute atomic E-state index is 11.6. The van der Waals surface area contributed by atoms with Crippen molar-refractivity contribution < 1.29 is 9.53 Å². The van der Waals surface area contributed by atoms with Gasteiger partial charge in [0.25, 0.3) is 0 Å². The Morgan fingerprint density at radius 1 is 1.53 bits per heavy atom. The number of ether oxygens (including phenoxy) is 1. The van der Waals surface area contributed by atoms with E-state index in [1.54, 1.807) is 0 Å². The van der Waals surface area contributed by atoms with Crippen molar-refractivity contribution in [1.82, 2.24) is 4.90 Å². The molecule has 1 unspecified atom stereocenters. The van der Waals surface area contributed by atoms with Gasteiger partial charge in [-0.15, -0.1) is 0 Å². The molecule has 0 heterocycles. The van der Waals surface area contributed by atoms with Crippen LogP contribution in [-0.4, -0.2) is 30.6 Å². The van der Waals surface area contributed by atoms with Gasteiger partial charge in [-0.1, -0.05) is 12.1 Å². The van der Waals surface area contributed by atoms with E-state index in [2.05, 4.69) is 0 Å². The number of carbonyl (C=O) groups is 1. The van der Waals surface area contributed by atoms with Gasteiger partial charge in [0.15, 0.2) is 0 Å². The minimum atomic E-state index is -0.253. The third-order valence-corrected chi connectivity index (χ3v) is 2.67. The Balaban J connectivity index is 2.59. The lowest BCUT2D eigenvalue weighted by atomic mass is 10.1. The Morgan fingerprint density at radius 3 is 2.82 bits per heavy atom. The van der Waals surface area contributed by atoms with Gasteiger partial charge in [-0.05, 0) is 38.6 Å². The van der Waals surface area contributed by atoms with Crippen LogP contribution < -0.4 is 5.73 Å². The highest BCUT2D eigenvalue weighted by atomic mass is 16.5. The molecule has 1 rings (SSSR count). The molecule has 0 amide bonds. The minimum Gasteiger partial charge on any atom is -0.465 e. The number of nitrogens with zero attached hydrogens (tertiary/aromatic N) is 1. The summed E-state index contributed by atoms with van der Waals surface area (Å²) in [6, 6.07) is 7.40. The normalized spacial score (nSPS) is 12.5. The molecule has 0 aliphatic rings. The van der Waals surface area contributed by atoms with Crippen LogP contribution in [0.4, 0.5) is 5.69 Å². The summed E-state index contributed by atoms with van der Waals surface area (Å²) in [6.45, 7) is 4.73. The van der Waals surface area contributed by atoms with Crippen molar-refractivity contribution in [2.75, 3.05) is 19.4 Å². The number of esters is 1. The Labute approximate surface area is 102 Å². The third kappa shape index (κ3) is 4.07. The number of likely N-dealkylation sites (N-methyl/N-ethyl adjacent to an activating group) is 1. The van der Waals surface area contributed by atoms with E-state index in [0.29, 0.717) is 13.2 Å². The van der Waals surface area contributed by atoms with Gasteiger partial charge in [0.1, 0.15) is 6.04 Å². The molecule has 1 aromatic rings. The summed E-state index contributed by atoms with van der Waals surface area (Å²) in [4.78, 5) is 13.5. The molecule has 4 heteroatoms. The SMILES string of the molecule is CCOC(=O)C(C)N(C)Cc1cccc(N)c1. The van der Waals surface area contributed by atoms with Crippen LogP contribution in [0.25, 0.3) is 0 Å². The van der Waals surface area contributed by atoms with Crippen LogP contribution in [0.5, 0.6) is 0 Å². The number of nitrogen functional groups attached to an aromatic ring is 1. The van der Waals surface area contributed by atoms with E-state index in [1.807, 2.05) is 50.1 Å². The molecule has 0 aromatic heterocycles. The highest BCUT2D eigenvalue weighted by Gasteiger charge is 2.18. The van der Waals surface area contributed by atoms with Crippen LogP contribution >= 0.6 is 0 Å². The first-order chi connectivity index (χ1) is 8.04. The molecule has 17 heavy (non-hydrogen) atoms. The molecule has 1 atom stereocenters. The van der Waals surface area contributed by atoms with Crippen molar-refractivity contribution >= 4 is 11.7 Å². The quantitative estimate of drug-likeness (QED) is 0.624. The first-order valence-electron chi connectivity index (χ1n) is 5.76. The van der Waals surface area contributed by atoms with Crippen molar-refractivity contribution in [2.24, 2.45) is 0 Å². The Kier molecular flexibility index (Phi) is 4.97. The smallest absolute Gasteiger partial charge is 0.323 e. The topological polar surface area (TPSA) is 55.6 Å². The summed E-state index contributed by atoms with van der Waals surface area (Å²) in [7, 11) is 1.89. The zero-order chi connectivity index (χ0) is 12.8. The molecule has 0 radical (unpaired) electrons. The lowest BCUT2D eigenvalue weighted by Crippen LogP contribution is -2.36. The highest BCUT2D eigenvalue weighted by Crippen LogP contribution is 2.10. The van der Waals surface area contributed by atoms with E-state index in [0.717, 1.165) is 11.3 Å². The second kappa shape index (κ2) is 6.25. The van der Waals surface area contributed by atoms with Gasteiger partial charge in [-0.25, -0.2) is 0 Å². The summed E-state index contributed by atoms with van der Waals surface area (Å²) >= 11 is 0. The number of benzene rings is 1. The second-order valence-electron chi connectivity index (χ2n) is 4.09. The van der Waals surface area contributed by atoms with E-state index >= 15 is 0 Å². The number of hydrogen-bond acceptors (Lipinski definition) is 4. The average molecular weight is 236 g/mol. The first kappa shape index (κ1) is 13.5. The first-order valence-corrected chi connectivity index (χ1v) is 5.76. The van der Waals surface area contributed by atoms with Gasteiger partial charge in [0.2, 0.25) is 0 Å². The van der Waals surface area contributed by atoms with Crippen molar-refractivity contribution in [2.45, 2.75) is 26.4 Å². The third-order valence-electron chi connectivity index (χ3n) is 2.67. The van der Waals surface area contributed by atoms with E-state index in [9.17, 15) is 4.79 Å². The maximum Gasteiger partial charge on any atom is 0.323 e. The van der Waals surface area contributed by atoms with Crippen molar-refractivity contribution in [3.8, 4) is 0 Å². The van der Waals surface area contributed by atoms with Crippen LogP contribution in [0.2, 0.25) is 0 Å². The number of nitrogens with two attached hydrogens (primary N) is 1. The Bertz CT molecular complexity index is 379. The number of carbonyl (C=O) groups excluding carboxylic acids is 1. The number of hydrogen-bond donors (Lipinski definition) is 1. The molecule has 0 aliphatic heterocycles. The fraction of sp³-hybridized carbons (Fsp3) is 0.462. The van der Waals surface area contributed by atoms with Crippen LogP contribution in [-0.2, 0) is 16.1 Å². The van der Waals surface area contributed by atoms with E-state index in [-0.39, 0.29) is 12.0 Å². The van der Waals surface area contributed by atoms with Gasteiger partial charge < -0.3 is 10.5 Å². The maximum atomic E-state index is 11.6. The fourth-order valence-corrected chi connectivity index (χ4v) is 1.56. The molecule has 0 spiro atoms. The van der Waals surface area contributed by atoms with Gasteiger partial charge >= 0.3 is 5.97 Å². The molecule has 0 fully saturated rings. The summed E-state index contributed by atoms with van der Waals surface area (Å²) in [5.74, 6) is -0.195. The predicted molar refractivity (Wildman–Crippen MR) is 68.4 cm³/mol. The predicted octanol–water partition coefficient (Wildman–Crippen LogP) is 1.65. The lowest BCUT2D eigenvalue weighted by molar-refractivity contribution is -0.148. The van der Waals surface area contributed by atoms with E-state index in [1.165, 1.54) is 0 Å². The molecular weight excluding hydrogens is 216 g/mol. The van der Waals surface area contributed by atoms with Crippen LogP contribution in [0.1, 0.15) is 19.4 Å². The lowest BCUT2D eigenvalue weighted by Gasteiger charge is -2.23. The van der Waals surface area contributed by atoms with Gasteiger partial charge in [-0.3, -0.25) is 9.69 Å². The largest absolute Gasteiger partial charge is 0.465 e. The molecule has 0 saturated heterocycles. The Morgan fingerprint density at radius 2 is 2.24 bits per heavy atom. The standard InChI is InChI=1S/C13H20N2O2/c1-4-17-13(16)10(2)15(3)9-11-6-5-7-12(14)8-11/h5-8,10H,4,9,14H2,1-3H3.